The average Bonchev–Trinajstić information content (AvgIpc) is 2.30. The molecule has 0 saturated heterocycles. The largest absolute Gasteiger partial charge is 0.457 e. The van der Waals surface area contributed by atoms with Crippen LogP contribution in [0.4, 0.5) is 5.69 Å². The van der Waals surface area contributed by atoms with Gasteiger partial charge in [0.15, 0.2) is 0 Å². The summed E-state index contributed by atoms with van der Waals surface area (Å²) >= 11 is 0. The third kappa shape index (κ3) is 3.27. The molecule has 1 atom stereocenters. The number of carbonyl (C=O) groups is 1. The van der Waals surface area contributed by atoms with E-state index in [1.165, 1.54) is 24.3 Å². The Bertz CT molecular complexity index is 410. The van der Waals surface area contributed by atoms with Gasteiger partial charge >= 0.3 is 5.97 Å². The molecule has 0 aromatic heterocycles. The zero-order valence-corrected chi connectivity index (χ0v) is 8.70. The third-order valence-corrected chi connectivity index (χ3v) is 1.83. The number of aliphatic hydroxyl groups is 1. The Labute approximate surface area is 92.1 Å². The lowest BCUT2D eigenvalue weighted by Crippen LogP contribution is -2.18. The van der Waals surface area contributed by atoms with Crippen molar-refractivity contribution >= 4 is 11.7 Å². The zero-order valence-electron chi connectivity index (χ0n) is 8.70. The lowest BCUT2D eigenvalue weighted by Gasteiger charge is -2.09. The van der Waals surface area contributed by atoms with Crippen molar-refractivity contribution in [3.05, 3.63) is 40.3 Å². The van der Waals surface area contributed by atoms with Crippen molar-refractivity contribution in [1.82, 2.24) is 0 Å². The van der Waals surface area contributed by atoms with E-state index in [4.69, 9.17) is 15.4 Å². The topological polar surface area (TPSA) is 95.3 Å². The van der Waals surface area contributed by atoms with E-state index in [0.29, 0.717) is 11.3 Å². The van der Waals surface area contributed by atoms with Gasteiger partial charge in [0, 0.05) is 10.6 Å². The first-order chi connectivity index (χ1) is 7.67. The minimum Gasteiger partial charge on any atom is -0.457 e. The molecule has 0 aliphatic rings. The second-order valence-electron chi connectivity index (χ2n) is 3.13. The van der Waals surface area contributed by atoms with Gasteiger partial charge in [-0.15, -0.1) is 0 Å². The summed E-state index contributed by atoms with van der Waals surface area (Å²) < 4.78 is 4.89. The van der Waals surface area contributed by atoms with Gasteiger partial charge in [-0.3, -0.25) is 0 Å². The van der Waals surface area contributed by atoms with E-state index in [1.807, 2.05) is 0 Å². The molecule has 0 heterocycles. The zero-order chi connectivity index (χ0) is 12.0. The summed E-state index contributed by atoms with van der Waals surface area (Å²) in [5.74, 6) is -0.519. The number of rotatable bonds is 4. The molecule has 16 heavy (non-hydrogen) atoms. The van der Waals surface area contributed by atoms with E-state index >= 15 is 0 Å². The Morgan fingerprint density at radius 1 is 1.56 bits per heavy atom. The molecule has 0 bridgehead atoms. The van der Waals surface area contributed by atoms with E-state index in [0.717, 1.165) is 0 Å². The molecule has 84 valence electrons. The number of hydrogen-bond acceptors (Lipinski definition) is 4. The van der Waals surface area contributed by atoms with E-state index in [2.05, 4.69) is 10.0 Å². The number of esters is 1. The lowest BCUT2D eigenvalue weighted by molar-refractivity contribution is 0.0197. The summed E-state index contributed by atoms with van der Waals surface area (Å²) in [4.78, 5) is 14.1. The molecule has 0 aliphatic heterocycles. The Kier molecular flexibility index (Phi) is 4.32. The van der Waals surface area contributed by atoms with Crippen LogP contribution in [0.3, 0.4) is 0 Å². The van der Waals surface area contributed by atoms with Crippen molar-refractivity contribution in [3.8, 4) is 0 Å². The van der Waals surface area contributed by atoms with Gasteiger partial charge in [-0.2, -0.15) is 0 Å². The molecule has 1 unspecified atom stereocenters. The average molecular weight is 221 g/mol. The molecule has 0 amide bonds. The van der Waals surface area contributed by atoms with Crippen molar-refractivity contribution in [2.45, 2.75) is 13.0 Å². The minimum atomic E-state index is -0.538. The maximum absolute atomic E-state index is 11.4. The van der Waals surface area contributed by atoms with Gasteiger partial charge in [-0.25, -0.2) is 4.79 Å². The standard InChI is InChI=1S/C10H11N3O3/c1-7(6-14)16-10(15)8-2-4-9(5-3-8)12-13-11/h2-5,7,14H,6H2,1H3. The van der Waals surface area contributed by atoms with Gasteiger partial charge < -0.3 is 9.84 Å². The molecule has 0 radical (unpaired) electrons. The maximum Gasteiger partial charge on any atom is 0.338 e. The number of aliphatic hydroxyl groups excluding tert-OH is 1. The Morgan fingerprint density at radius 2 is 2.19 bits per heavy atom. The smallest absolute Gasteiger partial charge is 0.338 e. The number of ether oxygens (including phenoxy) is 1. The highest BCUT2D eigenvalue weighted by molar-refractivity contribution is 5.89. The van der Waals surface area contributed by atoms with Gasteiger partial charge in [-0.05, 0) is 24.6 Å². The molecule has 6 heteroatoms. The number of carbonyl (C=O) groups excluding carboxylic acids is 1. The highest BCUT2D eigenvalue weighted by Crippen LogP contribution is 2.14. The molecular weight excluding hydrogens is 210 g/mol. The van der Waals surface area contributed by atoms with Crippen LogP contribution in [0.5, 0.6) is 0 Å². The Balaban J connectivity index is 2.73. The van der Waals surface area contributed by atoms with Crippen molar-refractivity contribution in [2.75, 3.05) is 6.61 Å². The fourth-order valence-electron chi connectivity index (χ4n) is 1.00. The predicted octanol–water partition coefficient (Wildman–Crippen LogP) is 2.17. The summed E-state index contributed by atoms with van der Waals surface area (Å²) in [5.41, 5.74) is 8.96. The van der Waals surface area contributed by atoms with Crippen molar-refractivity contribution in [3.63, 3.8) is 0 Å². The lowest BCUT2D eigenvalue weighted by atomic mass is 10.2. The summed E-state index contributed by atoms with van der Waals surface area (Å²) in [6.45, 7) is 1.37. The Hall–Kier alpha value is -2.04. The quantitative estimate of drug-likeness (QED) is 0.365. The van der Waals surface area contributed by atoms with E-state index in [9.17, 15) is 4.79 Å². The van der Waals surface area contributed by atoms with Gasteiger partial charge in [0.2, 0.25) is 0 Å². The van der Waals surface area contributed by atoms with Gasteiger partial charge in [0.1, 0.15) is 6.10 Å². The minimum absolute atomic E-state index is 0.220. The number of nitrogens with zero attached hydrogens (tertiary/aromatic N) is 3. The molecule has 0 saturated carbocycles. The normalized spacial score (nSPS) is 11.4. The van der Waals surface area contributed by atoms with Crippen LogP contribution in [0.15, 0.2) is 29.4 Å². The molecule has 0 fully saturated rings. The van der Waals surface area contributed by atoms with Crippen LogP contribution >= 0.6 is 0 Å². The van der Waals surface area contributed by atoms with Crippen molar-refractivity contribution in [1.29, 1.82) is 0 Å². The van der Waals surface area contributed by atoms with E-state index < -0.39 is 12.1 Å². The fourth-order valence-corrected chi connectivity index (χ4v) is 1.00. The first-order valence-corrected chi connectivity index (χ1v) is 4.64. The van der Waals surface area contributed by atoms with Crippen LogP contribution < -0.4 is 0 Å². The SMILES string of the molecule is CC(CO)OC(=O)c1ccc(N=[N+]=[N-])cc1. The van der Waals surface area contributed by atoms with Gasteiger partial charge in [-0.1, -0.05) is 17.2 Å². The van der Waals surface area contributed by atoms with Crippen molar-refractivity contribution < 1.29 is 14.6 Å². The fraction of sp³-hybridized carbons (Fsp3) is 0.300. The van der Waals surface area contributed by atoms with Crippen LogP contribution in [0.25, 0.3) is 10.4 Å². The van der Waals surface area contributed by atoms with E-state index in [1.54, 1.807) is 6.92 Å². The molecular formula is C10H11N3O3. The number of azide groups is 1. The second-order valence-corrected chi connectivity index (χ2v) is 3.13. The third-order valence-electron chi connectivity index (χ3n) is 1.83. The Morgan fingerprint density at radius 3 is 2.69 bits per heavy atom. The summed E-state index contributed by atoms with van der Waals surface area (Å²) in [6.07, 6.45) is -0.538. The summed E-state index contributed by atoms with van der Waals surface area (Å²) in [6, 6.07) is 6.02. The molecule has 1 rings (SSSR count). The van der Waals surface area contributed by atoms with Crippen LogP contribution in [0.2, 0.25) is 0 Å². The van der Waals surface area contributed by atoms with Gasteiger partial charge in [0.25, 0.3) is 0 Å². The predicted molar refractivity (Wildman–Crippen MR) is 57.2 cm³/mol. The van der Waals surface area contributed by atoms with Gasteiger partial charge in [0.05, 0.1) is 12.2 Å². The monoisotopic (exact) mass is 221 g/mol. The highest BCUT2D eigenvalue weighted by atomic mass is 16.5. The molecule has 1 aromatic rings. The number of hydrogen-bond donors (Lipinski definition) is 1. The van der Waals surface area contributed by atoms with Crippen LogP contribution in [-0.2, 0) is 4.74 Å². The molecule has 6 nitrogen and oxygen atoms in total. The van der Waals surface area contributed by atoms with Crippen LogP contribution in [-0.4, -0.2) is 23.8 Å². The summed E-state index contributed by atoms with van der Waals surface area (Å²) in [5, 5.41) is 12.1. The summed E-state index contributed by atoms with van der Waals surface area (Å²) in [7, 11) is 0. The first kappa shape index (κ1) is 12.0. The van der Waals surface area contributed by atoms with E-state index in [-0.39, 0.29) is 6.61 Å². The molecule has 0 aliphatic carbocycles. The second kappa shape index (κ2) is 5.75. The van der Waals surface area contributed by atoms with Crippen molar-refractivity contribution in [2.24, 2.45) is 5.11 Å². The molecule has 1 N–H and O–H groups in total. The number of benzene rings is 1. The molecule has 0 spiro atoms. The highest BCUT2D eigenvalue weighted by Gasteiger charge is 2.10. The molecule has 1 aromatic carbocycles. The van der Waals surface area contributed by atoms with Crippen LogP contribution in [0, 0.1) is 0 Å². The maximum atomic E-state index is 11.4. The van der Waals surface area contributed by atoms with Crippen LogP contribution in [0.1, 0.15) is 17.3 Å². The first-order valence-electron chi connectivity index (χ1n) is 4.64.